The zero-order valence-electron chi connectivity index (χ0n) is 14.2. The third-order valence-electron chi connectivity index (χ3n) is 5.93. The van der Waals surface area contributed by atoms with Gasteiger partial charge in [0.1, 0.15) is 0 Å². The van der Waals surface area contributed by atoms with Crippen molar-refractivity contribution < 1.29 is 4.79 Å². The van der Waals surface area contributed by atoms with Crippen LogP contribution in [0.1, 0.15) is 45.1 Å². The molecule has 1 aliphatic heterocycles. The topological polar surface area (TPSA) is 58.1 Å². The molecule has 1 N–H and O–H groups in total. The Morgan fingerprint density at radius 1 is 1.21 bits per heavy atom. The van der Waals surface area contributed by atoms with Gasteiger partial charge in [-0.15, -0.1) is 0 Å². The SMILES string of the molecule is CCC1CC(C(=O)N2CCC(n3c(=O)[nH]c4ccccc43)CC2)C1. The molecule has 0 unspecified atom stereocenters. The highest BCUT2D eigenvalue weighted by molar-refractivity contribution is 5.80. The van der Waals surface area contributed by atoms with E-state index in [-0.39, 0.29) is 17.6 Å². The van der Waals surface area contributed by atoms with Crippen LogP contribution in [0.15, 0.2) is 29.1 Å². The first kappa shape index (κ1) is 15.5. The highest BCUT2D eigenvalue weighted by atomic mass is 16.2. The largest absolute Gasteiger partial charge is 0.342 e. The normalized spacial score (nSPS) is 25.0. The summed E-state index contributed by atoms with van der Waals surface area (Å²) in [4.78, 5) is 29.8. The summed E-state index contributed by atoms with van der Waals surface area (Å²) in [5.74, 6) is 1.34. The minimum atomic E-state index is -0.0363. The van der Waals surface area contributed by atoms with Gasteiger partial charge in [0.25, 0.3) is 0 Å². The molecule has 1 aliphatic carbocycles. The van der Waals surface area contributed by atoms with Gasteiger partial charge < -0.3 is 9.88 Å². The molecule has 1 saturated carbocycles. The summed E-state index contributed by atoms with van der Waals surface area (Å²) >= 11 is 0. The summed E-state index contributed by atoms with van der Waals surface area (Å²) in [5.41, 5.74) is 1.82. The van der Waals surface area contributed by atoms with E-state index in [2.05, 4.69) is 11.9 Å². The van der Waals surface area contributed by atoms with Crippen molar-refractivity contribution in [3.63, 3.8) is 0 Å². The number of imidazole rings is 1. The maximum absolute atomic E-state index is 12.6. The van der Waals surface area contributed by atoms with Crippen molar-refractivity contribution in [3.05, 3.63) is 34.7 Å². The zero-order chi connectivity index (χ0) is 16.7. The zero-order valence-corrected chi connectivity index (χ0v) is 14.2. The van der Waals surface area contributed by atoms with E-state index in [1.807, 2.05) is 33.7 Å². The van der Waals surface area contributed by atoms with Crippen molar-refractivity contribution in [2.24, 2.45) is 11.8 Å². The quantitative estimate of drug-likeness (QED) is 0.942. The molecule has 1 aromatic carbocycles. The maximum Gasteiger partial charge on any atom is 0.326 e. The standard InChI is InChI=1S/C19H25N3O2/c1-2-13-11-14(12-13)18(23)21-9-7-15(8-10-21)22-17-6-4-3-5-16(17)20-19(22)24/h3-6,13-15H,2,7-12H2,1H3,(H,20,24). The number of para-hydroxylation sites is 2. The molecule has 0 spiro atoms. The van der Waals surface area contributed by atoms with Crippen molar-refractivity contribution >= 4 is 16.9 Å². The fourth-order valence-electron chi connectivity index (χ4n) is 4.31. The number of nitrogens with one attached hydrogen (secondary N) is 1. The van der Waals surface area contributed by atoms with E-state index in [0.717, 1.165) is 55.7 Å². The number of hydrogen-bond donors (Lipinski definition) is 1. The number of likely N-dealkylation sites (tertiary alicyclic amines) is 1. The molecule has 1 saturated heterocycles. The third kappa shape index (κ3) is 2.56. The fourth-order valence-corrected chi connectivity index (χ4v) is 4.31. The molecular formula is C19H25N3O2. The summed E-state index contributed by atoms with van der Waals surface area (Å²) in [7, 11) is 0. The molecule has 24 heavy (non-hydrogen) atoms. The highest BCUT2D eigenvalue weighted by Crippen LogP contribution is 2.38. The van der Waals surface area contributed by atoms with Gasteiger partial charge in [-0.3, -0.25) is 9.36 Å². The molecule has 4 rings (SSSR count). The number of rotatable bonds is 3. The number of H-pyrrole nitrogens is 1. The smallest absolute Gasteiger partial charge is 0.326 e. The van der Waals surface area contributed by atoms with E-state index in [0.29, 0.717) is 5.91 Å². The molecule has 2 fully saturated rings. The molecule has 1 aromatic heterocycles. The Hall–Kier alpha value is -2.04. The number of carbonyl (C=O) groups is 1. The van der Waals surface area contributed by atoms with Crippen molar-refractivity contribution in [1.82, 2.24) is 14.5 Å². The summed E-state index contributed by atoms with van der Waals surface area (Å²) in [6.45, 7) is 3.74. The van der Waals surface area contributed by atoms with Crippen molar-refractivity contribution in [2.45, 2.75) is 45.1 Å². The molecule has 2 aliphatic rings. The lowest BCUT2D eigenvalue weighted by molar-refractivity contribution is -0.141. The second-order valence-corrected chi connectivity index (χ2v) is 7.32. The van der Waals surface area contributed by atoms with Gasteiger partial charge >= 0.3 is 5.69 Å². The first-order valence-electron chi connectivity index (χ1n) is 9.15. The number of fused-ring (bicyclic) bond motifs is 1. The molecule has 2 aromatic rings. The second-order valence-electron chi connectivity index (χ2n) is 7.32. The van der Waals surface area contributed by atoms with Crippen LogP contribution in [-0.2, 0) is 4.79 Å². The number of nitrogens with zero attached hydrogens (tertiary/aromatic N) is 2. The first-order valence-corrected chi connectivity index (χ1v) is 9.15. The van der Waals surface area contributed by atoms with Crippen LogP contribution in [0.5, 0.6) is 0 Å². The van der Waals surface area contributed by atoms with Gasteiger partial charge in [0.05, 0.1) is 11.0 Å². The minimum Gasteiger partial charge on any atom is -0.342 e. The third-order valence-corrected chi connectivity index (χ3v) is 5.93. The molecule has 1 amide bonds. The number of amides is 1. The number of aromatic amines is 1. The number of aromatic nitrogens is 2. The summed E-state index contributed by atoms with van der Waals surface area (Å²) < 4.78 is 1.88. The van der Waals surface area contributed by atoms with Gasteiger partial charge in [-0.1, -0.05) is 25.5 Å². The molecule has 0 atom stereocenters. The van der Waals surface area contributed by atoms with E-state index in [9.17, 15) is 9.59 Å². The predicted octanol–water partition coefficient (Wildman–Crippen LogP) is 2.93. The maximum atomic E-state index is 12.6. The lowest BCUT2D eigenvalue weighted by Crippen LogP contribution is -2.46. The number of hydrogen-bond acceptors (Lipinski definition) is 2. The van der Waals surface area contributed by atoms with Crippen molar-refractivity contribution in [1.29, 1.82) is 0 Å². The van der Waals surface area contributed by atoms with Gasteiger partial charge in [0, 0.05) is 25.0 Å². The van der Waals surface area contributed by atoms with Crippen molar-refractivity contribution in [3.8, 4) is 0 Å². The second kappa shape index (κ2) is 6.11. The summed E-state index contributed by atoms with van der Waals surface area (Å²) in [6, 6.07) is 8.01. The van der Waals surface area contributed by atoms with E-state index >= 15 is 0 Å². The molecule has 0 radical (unpaired) electrons. The summed E-state index contributed by atoms with van der Waals surface area (Å²) in [5, 5.41) is 0. The Bertz CT molecular complexity index is 792. The average molecular weight is 327 g/mol. The van der Waals surface area contributed by atoms with Gasteiger partial charge in [-0.2, -0.15) is 0 Å². The number of carbonyl (C=O) groups excluding carboxylic acids is 1. The van der Waals surface area contributed by atoms with Gasteiger partial charge in [-0.25, -0.2) is 4.79 Å². The lowest BCUT2D eigenvalue weighted by atomic mass is 9.73. The Kier molecular flexibility index (Phi) is 3.94. The Balaban J connectivity index is 1.43. The average Bonchev–Trinajstić information content (AvgIpc) is 2.89. The number of benzene rings is 1. The van der Waals surface area contributed by atoms with Crippen LogP contribution in [0.25, 0.3) is 11.0 Å². The molecule has 5 heteroatoms. The summed E-state index contributed by atoms with van der Waals surface area (Å²) in [6.07, 6.45) is 5.04. The van der Waals surface area contributed by atoms with E-state index in [4.69, 9.17) is 0 Å². The van der Waals surface area contributed by atoms with Crippen LogP contribution in [0, 0.1) is 11.8 Å². The Labute approximate surface area is 141 Å². The lowest BCUT2D eigenvalue weighted by Gasteiger charge is -2.40. The van der Waals surface area contributed by atoms with Gasteiger partial charge in [0.15, 0.2) is 0 Å². The van der Waals surface area contributed by atoms with Crippen LogP contribution in [0.3, 0.4) is 0 Å². The molecular weight excluding hydrogens is 302 g/mol. The van der Waals surface area contributed by atoms with E-state index < -0.39 is 0 Å². The van der Waals surface area contributed by atoms with E-state index in [1.54, 1.807) is 0 Å². The monoisotopic (exact) mass is 327 g/mol. The Morgan fingerprint density at radius 3 is 2.62 bits per heavy atom. The van der Waals surface area contributed by atoms with E-state index in [1.165, 1.54) is 6.42 Å². The van der Waals surface area contributed by atoms with Gasteiger partial charge in [-0.05, 0) is 43.7 Å². The number of piperidine rings is 1. The fraction of sp³-hybridized carbons (Fsp3) is 0.579. The Morgan fingerprint density at radius 2 is 1.92 bits per heavy atom. The predicted molar refractivity (Wildman–Crippen MR) is 93.9 cm³/mol. The van der Waals surface area contributed by atoms with Crippen LogP contribution in [0.4, 0.5) is 0 Å². The van der Waals surface area contributed by atoms with Crippen molar-refractivity contribution in [2.75, 3.05) is 13.1 Å². The minimum absolute atomic E-state index is 0.0363. The van der Waals surface area contributed by atoms with Crippen LogP contribution < -0.4 is 5.69 Å². The molecule has 5 nitrogen and oxygen atoms in total. The molecule has 0 bridgehead atoms. The van der Waals surface area contributed by atoms with Gasteiger partial charge in [0.2, 0.25) is 5.91 Å². The highest BCUT2D eigenvalue weighted by Gasteiger charge is 2.37. The molecule has 128 valence electrons. The first-order chi connectivity index (χ1) is 11.7. The van der Waals surface area contributed by atoms with Crippen LogP contribution in [-0.4, -0.2) is 33.4 Å². The molecule has 2 heterocycles. The van der Waals surface area contributed by atoms with Crippen LogP contribution >= 0.6 is 0 Å². The van der Waals surface area contributed by atoms with Crippen LogP contribution in [0.2, 0.25) is 0 Å².